The van der Waals surface area contributed by atoms with E-state index in [-0.39, 0.29) is 23.7 Å². The Kier molecular flexibility index (Phi) is 7.36. The van der Waals surface area contributed by atoms with Crippen molar-refractivity contribution in [1.82, 2.24) is 15.3 Å². The quantitative estimate of drug-likeness (QED) is 0.371. The summed E-state index contributed by atoms with van der Waals surface area (Å²) in [5.74, 6) is -0.932. The van der Waals surface area contributed by atoms with E-state index in [0.29, 0.717) is 17.5 Å². The molecule has 0 bridgehead atoms. The highest BCUT2D eigenvalue weighted by molar-refractivity contribution is 7.92. The van der Waals surface area contributed by atoms with Gasteiger partial charge in [-0.15, -0.1) is 0 Å². The predicted molar refractivity (Wildman–Crippen MR) is 130 cm³/mol. The largest absolute Gasteiger partial charge is 0.326 e. The zero-order valence-corrected chi connectivity index (χ0v) is 20.1. The van der Waals surface area contributed by atoms with E-state index in [1.165, 1.54) is 44.2 Å². The third kappa shape index (κ3) is 5.96. The Labute approximate surface area is 201 Å². The minimum absolute atomic E-state index is 0.139. The van der Waals surface area contributed by atoms with Gasteiger partial charge in [0.2, 0.25) is 0 Å². The molecule has 3 aromatic rings. The molecule has 1 saturated carbocycles. The molecule has 1 fully saturated rings. The highest BCUT2D eigenvalue weighted by Gasteiger charge is 2.21. The number of benzene rings is 2. The average Bonchev–Trinajstić information content (AvgIpc) is 2.80. The SMILES string of the molecule is C[C@@H](CC1CCCCC1)NCc1cc(F)ccc1NS(=O)(=O)c1cc(F)c2[nH]c(=O)[nH]c(=O)c2c1. The number of hydrogen-bond donors (Lipinski definition) is 4. The maximum Gasteiger partial charge on any atom is 0.326 e. The summed E-state index contributed by atoms with van der Waals surface area (Å²) in [6.07, 6.45) is 7.16. The molecule has 1 heterocycles. The molecule has 0 unspecified atom stereocenters. The van der Waals surface area contributed by atoms with Crippen molar-refractivity contribution < 1.29 is 17.2 Å². The van der Waals surface area contributed by atoms with Gasteiger partial charge in [-0.25, -0.2) is 22.0 Å². The van der Waals surface area contributed by atoms with Gasteiger partial charge in [-0.1, -0.05) is 32.1 Å². The lowest BCUT2D eigenvalue weighted by atomic mass is 9.85. The van der Waals surface area contributed by atoms with Crippen molar-refractivity contribution in [2.24, 2.45) is 5.92 Å². The van der Waals surface area contributed by atoms with Crippen molar-refractivity contribution in [2.75, 3.05) is 4.72 Å². The Bertz CT molecular complexity index is 1450. The first-order chi connectivity index (χ1) is 16.6. The lowest BCUT2D eigenvalue weighted by Crippen LogP contribution is -2.29. The molecule has 11 heteroatoms. The van der Waals surface area contributed by atoms with E-state index in [0.717, 1.165) is 18.6 Å². The van der Waals surface area contributed by atoms with Crippen LogP contribution in [0, 0.1) is 17.6 Å². The fourth-order valence-electron chi connectivity index (χ4n) is 4.66. The Morgan fingerprint density at radius 1 is 1.06 bits per heavy atom. The molecule has 8 nitrogen and oxygen atoms in total. The van der Waals surface area contributed by atoms with Crippen molar-refractivity contribution in [3.8, 4) is 0 Å². The van der Waals surface area contributed by atoms with Crippen LogP contribution < -0.4 is 21.3 Å². The van der Waals surface area contributed by atoms with Crippen LogP contribution in [-0.2, 0) is 16.6 Å². The molecule has 4 N–H and O–H groups in total. The number of hydrogen-bond acceptors (Lipinski definition) is 5. The Morgan fingerprint density at radius 3 is 2.54 bits per heavy atom. The minimum Gasteiger partial charge on any atom is -0.310 e. The van der Waals surface area contributed by atoms with Crippen LogP contribution in [0.1, 0.15) is 51.0 Å². The van der Waals surface area contributed by atoms with Gasteiger partial charge < -0.3 is 10.3 Å². The molecule has 0 aliphatic heterocycles. The van der Waals surface area contributed by atoms with Gasteiger partial charge in [0.25, 0.3) is 15.6 Å². The second-order valence-electron chi connectivity index (χ2n) is 9.16. The minimum atomic E-state index is -4.34. The maximum atomic E-state index is 14.5. The van der Waals surface area contributed by atoms with Crippen LogP contribution in [0.25, 0.3) is 10.9 Å². The molecule has 0 radical (unpaired) electrons. The molecule has 1 aromatic heterocycles. The zero-order chi connectivity index (χ0) is 25.2. The molecule has 0 spiro atoms. The lowest BCUT2D eigenvalue weighted by molar-refractivity contribution is 0.304. The number of aromatic nitrogens is 2. The zero-order valence-electron chi connectivity index (χ0n) is 19.3. The van der Waals surface area contributed by atoms with Crippen molar-refractivity contribution in [3.05, 3.63) is 68.4 Å². The standard InChI is InChI=1S/C24H28F2N4O4S/c1-14(9-15-5-3-2-4-6-15)27-13-16-10-17(25)7-8-21(16)30-35(33,34)18-11-19-22(20(26)12-18)28-24(32)29-23(19)31/h7-8,10-12,14-15,27,30H,2-6,9,13H2,1H3,(H2,28,29,31,32)/t14-/m0/s1. The van der Waals surface area contributed by atoms with E-state index in [4.69, 9.17) is 0 Å². The van der Waals surface area contributed by atoms with E-state index < -0.39 is 43.3 Å². The number of H-pyrrole nitrogens is 2. The summed E-state index contributed by atoms with van der Waals surface area (Å²) in [6, 6.07) is 5.53. The third-order valence-corrected chi connectivity index (χ3v) is 7.79. The number of aromatic amines is 2. The Balaban J connectivity index is 1.55. The summed E-state index contributed by atoms with van der Waals surface area (Å²) in [6.45, 7) is 2.29. The summed E-state index contributed by atoms with van der Waals surface area (Å²) in [5.41, 5.74) is -1.68. The average molecular weight is 507 g/mol. The molecular weight excluding hydrogens is 478 g/mol. The first-order valence-corrected chi connectivity index (χ1v) is 13.1. The number of fused-ring (bicyclic) bond motifs is 1. The second kappa shape index (κ2) is 10.3. The number of nitrogens with one attached hydrogen (secondary N) is 4. The molecule has 0 amide bonds. The van der Waals surface area contributed by atoms with Crippen LogP contribution in [0.15, 0.2) is 44.8 Å². The second-order valence-corrected chi connectivity index (χ2v) is 10.8. The van der Waals surface area contributed by atoms with Crippen LogP contribution in [0.4, 0.5) is 14.5 Å². The first kappa shape index (κ1) is 25.1. The monoisotopic (exact) mass is 506 g/mol. The fraction of sp³-hybridized carbons (Fsp3) is 0.417. The van der Waals surface area contributed by atoms with Crippen molar-refractivity contribution in [3.63, 3.8) is 0 Å². The van der Waals surface area contributed by atoms with Gasteiger partial charge in [-0.3, -0.25) is 14.5 Å². The normalized spacial score (nSPS) is 15.9. The summed E-state index contributed by atoms with van der Waals surface area (Å²) in [4.78, 5) is 27.1. The van der Waals surface area contributed by atoms with Gasteiger partial charge in [0.15, 0.2) is 0 Å². The van der Waals surface area contributed by atoms with Gasteiger partial charge in [0.05, 0.1) is 21.5 Å². The van der Waals surface area contributed by atoms with Gasteiger partial charge in [0, 0.05) is 12.6 Å². The maximum absolute atomic E-state index is 14.5. The van der Waals surface area contributed by atoms with Gasteiger partial charge in [0.1, 0.15) is 11.6 Å². The van der Waals surface area contributed by atoms with Crippen LogP contribution in [-0.4, -0.2) is 24.4 Å². The number of anilines is 1. The summed E-state index contributed by atoms with van der Waals surface area (Å²) in [5, 5.41) is 3.03. The number of halogens is 2. The number of sulfonamides is 1. The van der Waals surface area contributed by atoms with Crippen molar-refractivity contribution in [1.29, 1.82) is 0 Å². The highest BCUT2D eigenvalue weighted by atomic mass is 32.2. The molecule has 0 saturated heterocycles. The van der Waals surface area contributed by atoms with Crippen molar-refractivity contribution in [2.45, 2.75) is 62.9 Å². The van der Waals surface area contributed by atoms with Gasteiger partial charge >= 0.3 is 5.69 Å². The lowest BCUT2D eigenvalue weighted by Gasteiger charge is -2.25. The third-order valence-electron chi connectivity index (χ3n) is 6.45. The molecule has 35 heavy (non-hydrogen) atoms. The Morgan fingerprint density at radius 2 is 1.80 bits per heavy atom. The number of rotatable bonds is 8. The molecule has 1 aliphatic rings. The molecular formula is C24H28F2N4O4S. The van der Waals surface area contributed by atoms with E-state index in [9.17, 15) is 26.8 Å². The first-order valence-electron chi connectivity index (χ1n) is 11.6. The fourth-order valence-corrected chi connectivity index (χ4v) is 5.80. The van der Waals surface area contributed by atoms with Crippen LogP contribution in [0.5, 0.6) is 0 Å². The molecule has 4 rings (SSSR count). The van der Waals surface area contributed by atoms with Crippen LogP contribution in [0.3, 0.4) is 0 Å². The summed E-state index contributed by atoms with van der Waals surface area (Å²) >= 11 is 0. The van der Waals surface area contributed by atoms with E-state index in [2.05, 4.69) is 21.9 Å². The van der Waals surface area contributed by atoms with Gasteiger partial charge in [-0.2, -0.15) is 0 Å². The van der Waals surface area contributed by atoms with E-state index in [1.54, 1.807) is 0 Å². The summed E-state index contributed by atoms with van der Waals surface area (Å²) in [7, 11) is -4.34. The topological polar surface area (TPSA) is 124 Å². The van der Waals surface area contributed by atoms with E-state index in [1.807, 2.05) is 4.98 Å². The predicted octanol–water partition coefficient (Wildman–Crippen LogP) is 3.74. The molecule has 1 atom stereocenters. The summed E-state index contributed by atoms with van der Waals surface area (Å²) < 4.78 is 57.0. The molecule has 1 aliphatic carbocycles. The highest BCUT2D eigenvalue weighted by Crippen LogP contribution is 2.28. The van der Waals surface area contributed by atoms with Gasteiger partial charge in [-0.05, 0) is 55.2 Å². The van der Waals surface area contributed by atoms with E-state index >= 15 is 0 Å². The van der Waals surface area contributed by atoms with Crippen LogP contribution in [0.2, 0.25) is 0 Å². The molecule has 188 valence electrons. The van der Waals surface area contributed by atoms with Crippen LogP contribution >= 0.6 is 0 Å². The smallest absolute Gasteiger partial charge is 0.310 e. The Hall–Kier alpha value is -3.05. The molecule has 2 aromatic carbocycles. The van der Waals surface area contributed by atoms with Crippen molar-refractivity contribution >= 4 is 26.6 Å².